The normalized spacial score (nSPS) is 42.0. The number of rotatable bonds is 1. The maximum absolute atomic E-state index is 11.5. The maximum Gasteiger partial charge on any atom is 0.329 e. The van der Waals surface area contributed by atoms with Crippen molar-refractivity contribution in [3.05, 3.63) is 0 Å². The predicted molar refractivity (Wildman–Crippen MR) is 50.2 cm³/mol. The highest BCUT2D eigenvalue weighted by Crippen LogP contribution is 2.42. The summed E-state index contributed by atoms with van der Waals surface area (Å²) in [6.07, 6.45) is 4.60. The Labute approximate surface area is 82.1 Å². The molecule has 2 bridgehead atoms. The minimum Gasteiger partial charge on any atom is -0.468 e. The van der Waals surface area contributed by atoms with Gasteiger partial charge in [0.2, 0.25) is 0 Å². The monoisotopic (exact) mass is 201 g/mol. The van der Waals surface area contributed by atoms with E-state index in [2.05, 4.69) is 4.99 Å². The number of esters is 1. The molecule has 3 aliphatic rings. The molecule has 0 spiro atoms. The Kier molecular flexibility index (Phi) is 2.06. The second kappa shape index (κ2) is 2.98. The highest BCUT2D eigenvalue weighted by atomic mass is 35.5. The first-order valence-electron chi connectivity index (χ1n) is 4.47. The van der Waals surface area contributed by atoms with E-state index in [-0.39, 0.29) is 12.0 Å². The van der Waals surface area contributed by atoms with Crippen molar-refractivity contribution in [1.29, 1.82) is 0 Å². The minimum absolute atomic E-state index is 0.0772. The van der Waals surface area contributed by atoms with Crippen molar-refractivity contribution in [1.82, 2.24) is 0 Å². The van der Waals surface area contributed by atoms with Crippen LogP contribution >= 0.6 is 11.6 Å². The molecule has 13 heavy (non-hydrogen) atoms. The number of methoxy groups -OCH3 is 1. The van der Waals surface area contributed by atoms with Crippen molar-refractivity contribution in [2.24, 2.45) is 10.9 Å². The van der Waals surface area contributed by atoms with Crippen molar-refractivity contribution in [2.75, 3.05) is 7.11 Å². The summed E-state index contributed by atoms with van der Waals surface area (Å²) in [4.78, 5) is 14.8. The van der Waals surface area contributed by atoms with Crippen LogP contribution in [0.4, 0.5) is 0 Å². The third-order valence-corrected chi connectivity index (χ3v) is 3.46. The van der Waals surface area contributed by atoms with Crippen LogP contribution in [-0.4, -0.2) is 30.2 Å². The first kappa shape index (κ1) is 9.00. The third kappa shape index (κ3) is 1.26. The van der Waals surface area contributed by atoms with Crippen LogP contribution in [0.25, 0.3) is 0 Å². The van der Waals surface area contributed by atoms with E-state index in [0.717, 1.165) is 12.8 Å². The first-order valence-corrected chi connectivity index (χ1v) is 4.85. The van der Waals surface area contributed by atoms with Gasteiger partial charge >= 0.3 is 5.97 Å². The Bertz CT molecular complexity index is 266. The van der Waals surface area contributed by atoms with E-state index in [1.165, 1.54) is 7.11 Å². The van der Waals surface area contributed by atoms with Crippen molar-refractivity contribution in [2.45, 2.75) is 30.2 Å². The highest BCUT2D eigenvalue weighted by Gasteiger charge is 2.51. The molecule has 0 aromatic carbocycles. The molecule has 3 nitrogen and oxygen atoms in total. The summed E-state index contributed by atoms with van der Waals surface area (Å²) >= 11 is 6.23. The molecule has 0 amide bonds. The number of fused-ring (bicyclic) bond motifs is 2. The van der Waals surface area contributed by atoms with Gasteiger partial charge in [-0.3, -0.25) is 9.79 Å². The van der Waals surface area contributed by atoms with Gasteiger partial charge in [0.05, 0.1) is 13.2 Å². The van der Waals surface area contributed by atoms with E-state index < -0.39 is 4.87 Å². The molecular formula is C9H12ClNO2. The topological polar surface area (TPSA) is 38.7 Å². The molecule has 0 radical (unpaired) electrons. The van der Waals surface area contributed by atoms with Gasteiger partial charge in [0.15, 0.2) is 4.87 Å². The molecule has 0 aromatic rings. The number of nitrogens with zero attached hydrogens (tertiary/aromatic N) is 1. The standard InChI is InChI=1S/C9H12ClNO2/c1-13-8(12)9(10)4-6-2-3-7(9)11-5-6/h5-7H,2-4H2,1H3. The minimum atomic E-state index is -0.883. The zero-order chi connectivity index (χ0) is 9.47. The number of aliphatic imine (C=N–C) groups is 1. The van der Waals surface area contributed by atoms with E-state index >= 15 is 0 Å². The van der Waals surface area contributed by atoms with Crippen LogP contribution < -0.4 is 0 Å². The zero-order valence-corrected chi connectivity index (χ0v) is 8.25. The van der Waals surface area contributed by atoms with Crippen LogP contribution in [0.2, 0.25) is 0 Å². The van der Waals surface area contributed by atoms with Gasteiger partial charge in [0.25, 0.3) is 0 Å². The fourth-order valence-electron chi connectivity index (χ4n) is 2.15. The van der Waals surface area contributed by atoms with Gasteiger partial charge in [0.1, 0.15) is 0 Å². The summed E-state index contributed by atoms with van der Waals surface area (Å²) in [7, 11) is 1.37. The fourth-order valence-corrected chi connectivity index (χ4v) is 2.60. The van der Waals surface area contributed by atoms with Gasteiger partial charge in [-0.25, -0.2) is 0 Å². The van der Waals surface area contributed by atoms with Gasteiger partial charge in [-0.1, -0.05) is 0 Å². The lowest BCUT2D eigenvalue weighted by Crippen LogP contribution is -2.51. The van der Waals surface area contributed by atoms with Crippen LogP contribution in [0.3, 0.4) is 0 Å². The molecule has 3 unspecified atom stereocenters. The van der Waals surface area contributed by atoms with Crippen molar-refractivity contribution in [3.63, 3.8) is 0 Å². The third-order valence-electron chi connectivity index (χ3n) is 2.90. The summed E-state index contributed by atoms with van der Waals surface area (Å²) in [5.41, 5.74) is 0. The largest absolute Gasteiger partial charge is 0.468 e. The Balaban J connectivity index is 2.25. The zero-order valence-electron chi connectivity index (χ0n) is 7.50. The summed E-state index contributed by atoms with van der Waals surface area (Å²) in [5.74, 6) is 0.0299. The average molecular weight is 202 g/mol. The molecule has 3 rings (SSSR count). The lowest BCUT2D eigenvalue weighted by atomic mass is 9.75. The molecule has 0 N–H and O–H groups in total. The number of carbonyl (C=O) groups excluding carboxylic acids is 1. The lowest BCUT2D eigenvalue weighted by molar-refractivity contribution is -0.145. The van der Waals surface area contributed by atoms with Crippen LogP contribution in [-0.2, 0) is 9.53 Å². The summed E-state index contributed by atoms with van der Waals surface area (Å²) in [5, 5.41) is 0. The number of hydrogen-bond donors (Lipinski definition) is 0. The number of halogens is 1. The number of ether oxygens (including phenoxy) is 1. The van der Waals surface area contributed by atoms with Gasteiger partial charge in [-0.2, -0.15) is 0 Å². The lowest BCUT2D eigenvalue weighted by Gasteiger charge is -2.41. The maximum atomic E-state index is 11.5. The Hall–Kier alpha value is -0.570. The molecule has 1 fully saturated rings. The Morgan fingerprint density at radius 3 is 2.85 bits per heavy atom. The van der Waals surface area contributed by atoms with Crippen LogP contribution in [0, 0.1) is 5.92 Å². The van der Waals surface area contributed by atoms with Gasteiger partial charge in [0, 0.05) is 6.21 Å². The van der Waals surface area contributed by atoms with Gasteiger partial charge < -0.3 is 4.74 Å². The molecule has 2 aliphatic heterocycles. The second-order valence-electron chi connectivity index (χ2n) is 3.71. The molecule has 3 atom stereocenters. The van der Waals surface area contributed by atoms with Crippen LogP contribution in [0.15, 0.2) is 4.99 Å². The van der Waals surface area contributed by atoms with E-state index in [1.54, 1.807) is 0 Å². The quantitative estimate of drug-likeness (QED) is 0.475. The number of carbonyl (C=O) groups is 1. The van der Waals surface area contributed by atoms with Gasteiger partial charge in [-0.15, -0.1) is 11.6 Å². The first-order chi connectivity index (χ1) is 6.16. The highest BCUT2D eigenvalue weighted by molar-refractivity contribution is 6.35. The van der Waals surface area contributed by atoms with Crippen molar-refractivity contribution < 1.29 is 9.53 Å². The van der Waals surface area contributed by atoms with Crippen LogP contribution in [0.5, 0.6) is 0 Å². The van der Waals surface area contributed by atoms with E-state index in [0.29, 0.717) is 12.3 Å². The SMILES string of the molecule is COC(=O)C1(Cl)CC2C=NC1CC2. The summed E-state index contributed by atoms with van der Waals surface area (Å²) in [6, 6.07) is -0.0772. The van der Waals surface area contributed by atoms with Crippen molar-refractivity contribution >= 4 is 23.8 Å². The van der Waals surface area contributed by atoms with Gasteiger partial charge in [-0.05, 0) is 25.2 Å². The molecule has 4 heteroatoms. The number of hydrogen-bond acceptors (Lipinski definition) is 3. The Morgan fingerprint density at radius 1 is 1.69 bits per heavy atom. The smallest absolute Gasteiger partial charge is 0.329 e. The molecule has 1 saturated carbocycles. The average Bonchev–Trinajstić information content (AvgIpc) is 2.18. The fraction of sp³-hybridized carbons (Fsp3) is 0.778. The predicted octanol–water partition coefficient (Wildman–Crippen LogP) is 1.39. The molecular weight excluding hydrogens is 190 g/mol. The Morgan fingerprint density at radius 2 is 2.46 bits per heavy atom. The summed E-state index contributed by atoms with van der Waals surface area (Å²) in [6.45, 7) is 0. The van der Waals surface area contributed by atoms with Crippen molar-refractivity contribution in [3.8, 4) is 0 Å². The van der Waals surface area contributed by atoms with E-state index in [4.69, 9.17) is 16.3 Å². The molecule has 1 aliphatic carbocycles. The molecule has 2 heterocycles. The van der Waals surface area contributed by atoms with E-state index in [9.17, 15) is 4.79 Å². The number of alkyl halides is 1. The molecule has 0 aromatic heterocycles. The van der Waals surface area contributed by atoms with E-state index in [1.807, 2.05) is 6.21 Å². The molecule has 0 saturated heterocycles. The summed E-state index contributed by atoms with van der Waals surface area (Å²) < 4.78 is 4.70. The second-order valence-corrected chi connectivity index (χ2v) is 4.38. The molecule has 72 valence electrons. The van der Waals surface area contributed by atoms with Crippen LogP contribution in [0.1, 0.15) is 19.3 Å².